The van der Waals surface area contributed by atoms with Crippen LogP contribution in [0.1, 0.15) is 5.56 Å². The third kappa shape index (κ3) is 5.48. The van der Waals surface area contributed by atoms with Crippen LogP contribution in [0.15, 0.2) is 24.3 Å². The number of rotatable bonds is 7. The number of benzene rings is 1. The molecule has 0 unspecified atom stereocenters. The van der Waals surface area contributed by atoms with Gasteiger partial charge in [-0.3, -0.25) is 9.69 Å². The van der Waals surface area contributed by atoms with E-state index in [0.29, 0.717) is 24.3 Å². The van der Waals surface area contributed by atoms with Gasteiger partial charge < -0.3 is 15.5 Å². The van der Waals surface area contributed by atoms with Crippen LogP contribution in [0.4, 0.5) is 5.69 Å². The van der Waals surface area contributed by atoms with E-state index >= 15 is 0 Å². The van der Waals surface area contributed by atoms with E-state index < -0.39 is 0 Å². The maximum atomic E-state index is 11.7. The lowest BCUT2D eigenvalue weighted by Crippen LogP contribution is -2.37. The molecule has 0 aliphatic rings. The first-order chi connectivity index (χ1) is 9.19. The maximum absolute atomic E-state index is 11.7. The molecular weight excluding hydrogens is 246 g/mol. The molecule has 1 aromatic rings. The minimum absolute atomic E-state index is 0.0653. The number of carbonyl (C=O) groups is 1. The molecule has 0 spiro atoms. The second-order valence-electron chi connectivity index (χ2n) is 3.96. The zero-order chi connectivity index (χ0) is 14.1. The standard InChI is InChI=1S/C13H17N3O3/c14-9-11-1-3-12(4-2-11)15-13(19)10-16(5-7-17)6-8-18/h1-4,17-18H,5-8,10H2,(H,15,19). The van der Waals surface area contributed by atoms with Crippen molar-refractivity contribution in [1.29, 1.82) is 5.26 Å². The zero-order valence-corrected chi connectivity index (χ0v) is 10.5. The summed E-state index contributed by atoms with van der Waals surface area (Å²) in [7, 11) is 0. The Bertz CT molecular complexity index is 433. The van der Waals surface area contributed by atoms with Crippen molar-refractivity contribution >= 4 is 11.6 Å². The van der Waals surface area contributed by atoms with Gasteiger partial charge in [0.15, 0.2) is 0 Å². The highest BCUT2D eigenvalue weighted by Gasteiger charge is 2.09. The second kappa shape index (κ2) is 8.21. The first kappa shape index (κ1) is 15.1. The first-order valence-electron chi connectivity index (χ1n) is 5.93. The summed E-state index contributed by atoms with van der Waals surface area (Å²) in [6.45, 7) is 0.637. The Hall–Kier alpha value is -1.94. The largest absolute Gasteiger partial charge is 0.395 e. The van der Waals surface area contributed by atoms with Gasteiger partial charge in [-0.25, -0.2) is 0 Å². The van der Waals surface area contributed by atoms with Crippen molar-refractivity contribution in [3.63, 3.8) is 0 Å². The summed E-state index contributed by atoms with van der Waals surface area (Å²) in [5.74, 6) is -0.230. The van der Waals surface area contributed by atoms with Crippen LogP contribution in [0.5, 0.6) is 0 Å². The minimum Gasteiger partial charge on any atom is -0.395 e. The number of nitrogens with zero attached hydrogens (tertiary/aromatic N) is 2. The number of anilines is 1. The van der Waals surface area contributed by atoms with Crippen molar-refractivity contribution in [2.45, 2.75) is 0 Å². The van der Waals surface area contributed by atoms with Crippen LogP contribution in [0.3, 0.4) is 0 Å². The average Bonchev–Trinajstić information content (AvgIpc) is 2.40. The number of carbonyl (C=O) groups excluding carboxylic acids is 1. The number of nitriles is 1. The Morgan fingerprint density at radius 2 is 1.79 bits per heavy atom. The van der Waals surface area contributed by atoms with Gasteiger partial charge in [0, 0.05) is 18.8 Å². The van der Waals surface area contributed by atoms with E-state index in [2.05, 4.69) is 5.32 Å². The number of nitrogens with one attached hydrogen (secondary N) is 1. The zero-order valence-electron chi connectivity index (χ0n) is 10.5. The lowest BCUT2D eigenvalue weighted by Gasteiger charge is -2.19. The topological polar surface area (TPSA) is 96.6 Å². The van der Waals surface area contributed by atoms with Crippen molar-refractivity contribution < 1.29 is 15.0 Å². The van der Waals surface area contributed by atoms with E-state index in [-0.39, 0.29) is 25.7 Å². The molecule has 19 heavy (non-hydrogen) atoms. The molecule has 6 nitrogen and oxygen atoms in total. The van der Waals surface area contributed by atoms with E-state index in [1.165, 1.54) is 0 Å². The molecule has 0 bridgehead atoms. The fourth-order valence-electron chi connectivity index (χ4n) is 1.58. The van der Waals surface area contributed by atoms with Crippen LogP contribution in [0.25, 0.3) is 0 Å². The molecule has 102 valence electrons. The number of amides is 1. The van der Waals surface area contributed by atoms with Crippen LogP contribution in [0.2, 0.25) is 0 Å². The molecule has 1 amide bonds. The molecule has 0 aliphatic heterocycles. The molecule has 0 saturated carbocycles. The van der Waals surface area contributed by atoms with Gasteiger partial charge >= 0.3 is 0 Å². The van der Waals surface area contributed by atoms with Crippen molar-refractivity contribution in [3.8, 4) is 6.07 Å². The highest BCUT2D eigenvalue weighted by atomic mass is 16.3. The number of hydrogen-bond donors (Lipinski definition) is 3. The molecule has 0 radical (unpaired) electrons. The molecule has 0 fully saturated rings. The van der Waals surface area contributed by atoms with Gasteiger partial charge in [-0.1, -0.05) is 0 Å². The van der Waals surface area contributed by atoms with Gasteiger partial charge in [-0.15, -0.1) is 0 Å². The maximum Gasteiger partial charge on any atom is 0.238 e. The van der Waals surface area contributed by atoms with Gasteiger partial charge in [0.25, 0.3) is 0 Å². The predicted octanol–water partition coefficient (Wildman–Crippen LogP) is -0.217. The Kier molecular flexibility index (Phi) is 6.53. The first-order valence-corrected chi connectivity index (χ1v) is 5.93. The molecule has 6 heteroatoms. The Labute approximate surface area is 111 Å². The molecule has 0 aromatic heterocycles. The normalized spacial score (nSPS) is 10.2. The molecule has 3 N–H and O–H groups in total. The average molecular weight is 263 g/mol. The van der Waals surface area contributed by atoms with E-state index in [1.54, 1.807) is 29.2 Å². The Balaban J connectivity index is 2.51. The Morgan fingerprint density at radius 1 is 1.21 bits per heavy atom. The number of hydrogen-bond acceptors (Lipinski definition) is 5. The van der Waals surface area contributed by atoms with Gasteiger partial charge in [-0.2, -0.15) is 5.26 Å². The summed E-state index contributed by atoms with van der Waals surface area (Å²) in [5.41, 5.74) is 1.14. The van der Waals surface area contributed by atoms with E-state index in [4.69, 9.17) is 15.5 Å². The number of aliphatic hydroxyl groups excluding tert-OH is 2. The molecule has 1 aromatic carbocycles. The minimum atomic E-state index is -0.230. The van der Waals surface area contributed by atoms with Crippen molar-refractivity contribution in [2.24, 2.45) is 0 Å². The summed E-state index contributed by atoms with van der Waals surface area (Å²) in [6, 6.07) is 8.54. The lowest BCUT2D eigenvalue weighted by molar-refractivity contribution is -0.117. The fourth-order valence-corrected chi connectivity index (χ4v) is 1.58. The van der Waals surface area contributed by atoms with E-state index in [1.807, 2.05) is 6.07 Å². The van der Waals surface area contributed by atoms with Gasteiger partial charge in [-0.05, 0) is 24.3 Å². The second-order valence-corrected chi connectivity index (χ2v) is 3.96. The van der Waals surface area contributed by atoms with Crippen LogP contribution >= 0.6 is 0 Å². The van der Waals surface area contributed by atoms with Gasteiger partial charge in [0.1, 0.15) is 0 Å². The highest BCUT2D eigenvalue weighted by molar-refractivity contribution is 5.92. The quantitative estimate of drug-likeness (QED) is 0.632. The molecule has 0 aliphatic carbocycles. The lowest BCUT2D eigenvalue weighted by atomic mass is 10.2. The smallest absolute Gasteiger partial charge is 0.238 e. The van der Waals surface area contributed by atoms with Gasteiger partial charge in [0.2, 0.25) is 5.91 Å². The van der Waals surface area contributed by atoms with E-state index in [0.717, 1.165) is 0 Å². The molecule has 1 rings (SSSR count). The van der Waals surface area contributed by atoms with Gasteiger partial charge in [0.05, 0.1) is 31.4 Å². The third-order valence-corrected chi connectivity index (χ3v) is 2.50. The summed E-state index contributed by atoms with van der Waals surface area (Å²) in [4.78, 5) is 13.4. The third-order valence-electron chi connectivity index (χ3n) is 2.50. The van der Waals surface area contributed by atoms with Crippen molar-refractivity contribution in [2.75, 3.05) is 38.2 Å². The Morgan fingerprint density at radius 3 is 2.26 bits per heavy atom. The van der Waals surface area contributed by atoms with Crippen LogP contribution in [-0.2, 0) is 4.79 Å². The van der Waals surface area contributed by atoms with Crippen LogP contribution in [-0.4, -0.2) is 53.9 Å². The monoisotopic (exact) mass is 263 g/mol. The summed E-state index contributed by atoms with van der Waals surface area (Å²) in [5, 5.41) is 29.0. The van der Waals surface area contributed by atoms with Crippen molar-refractivity contribution in [1.82, 2.24) is 4.90 Å². The van der Waals surface area contributed by atoms with Crippen LogP contribution < -0.4 is 5.32 Å². The van der Waals surface area contributed by atoms with E-state index in [9.17, 15) is 4.79 Å². The molecule has 0 heterocycles. The highest BCUT2D eigenvalue weighted by Crippen LogP contribution is 2.08. The summed E-state index contributed by atoms with van der Waals surface area (Å²) < 4.78 is 0. The summed E-state index contributed by atoms with van der Waals surface area (Å²) >= 11 is 0. The molecular formula is C13H17N3O3. The van der Waals surface area contributed by atoms with Crippen molar-refractivity contribution in [3.05, 3.63) is 29.8 Å². The SMILES string of the molecule is N#Cc1ccc(NC(=O)CN(CCO)CCO)cc1. The fraction of sp³-hybridized carbons (Fsp3) is 0.385. The predicted molar refractivity (Wildman–Crippen MR) is 70.4 cm³/mol. The molecule has 0 atom stereocenters. The molecule has 0 saturated heterocycles. The van der Waals surface area contributed by atoms with Crippen LogP contribution in [0, 0.1) is 11.3 Å². The number of aliphatic hydroxyl groups is 2. The summed E-state index contributed by atoms with van der Waals surface area (Å²) in [6.07, 6.45) is 0.